The lowest BCUT2D eigenvalue weighted by Gasteiger charge is -2.20. The molecule has 1 aromatic rings. The van der Waals surface area contributed by atoms with E-state index < -0.39 is 0 Å². The molecular formula is C15H21N3OS. The molecule has 20 heavy (non-hydrogen) atoms. The fraction of sp³-hybridized carbons (Fsp3) is 0.400. The van der Waals surface area contributed by atoms with Crippen molar-refractivity contribution in [1.29, 1.82) is 0 Å². The van der Waals surface area contributed by atoms with Gasteiger partial charge in [0.1, 0.15) is 5.03 Å². The number of rotatable bonds is 6. The number of hydrogen-bond donors (Lipinski definition) is 3. The van der Waals surface area contributed by atoms with Gasteiger partial charge in [-0.3, -0.25) is 0 Å². The summed E-state index contributed by atoms with van der Waals surface area (Å²) in [6, 6.07) is 6.26. The molecule has 108 valence electrons. The molecule has 4 nitrogen and oxygen atoms in total. The van der Waals surface area contributed by atoms with E-state index in [9.17, 15) is 0 Å². The molecule has 0 aromatic heterocycles. The van der Waals surface area contributed by atoms with Gasteiger partial charge in [-0.2, -0.15) is 0 Å². The lowest BCUT2D eigenvalue weighted by molar-refractivity contribution is 0.288. The van der Waals surface area contributed by atoms with Crippen LogP contribution in [-0.2, 0) is 6.42 Å². The van der Waals surface area contributed by atoms with E-state index in [1.165, 1.54) is 5.56 Å². The Hall–Kier alpha value is -1.46. The summed E-state index contributed by atoms with van der Waals surface area (Å²) in [5, 5.41) is 12.9. The maximum Gasteiger partial charge on any atom is 0.160 e. The third-order valence-corrected chi connectivity index (χ3v) is 4.00. The van der Waals surface area contributed by atoms with Crippen molar-refractivity contribution < 1.29 is 5.11 Å². The van der Waals surface area contributed by atoms with Crippen LogP contribution in [0, 0.1) is 0 Å². The van der Waals surface area contributed by atoms with Gasteiger partial charge in [-0.1, -0.05) is 31.2 Å². The fourth-order valence-corrected chi connectivity index (χ4v) is 2.73. The number of fused-ring (bicyclic) bond motifs is 1. The van der Waals surface area contributed by atoms with E-state index in [4.69, 9.17) is 10.8 Å². The minimum atomic E-state index is 0.221. The summed E-state index contributed by atoms with van der Waals surface area (Å²) < 4.78 is 0. The Morgan fingerprint density at radius 3 is 3.05 bits per heavy atom. The molecule has 4 N–H and O–H groups in total. The zero-order valence-electron chi connectivity index (χ0n) is 11.7. The normalized spacial score (nSPS) is 14.5. The molecule has 0 saturated heterocycles. The van der Waals surface area contributed by atoms with Gasteiger partial charge in [0.15, 0.2) is 5.82 Å². The number of benzene rings is 1. The Balaban J connectivity index is 2.13. The van der Waals surface area contributed by atoms with Gasteiger partial charge in [0.2, 0.25) is 0 Å². The maximum atomic E-state index is 8.90. The molecule has 1 aromatic carbocycles. The molecule has 0 fully saturated rings. The lowest BCUT2D eigenvalue weighted by atomic mass is 10.1. The van der Waals surface area contributed by atoms with Crippen molar-refractivity contribution in [1.82, 2.24) is 0 Å². The number of aliphatic imine (C=N–C) groups is 1. The Bertz CT molecular complexity index is 526. The first-order valence-corrected chi connectivity index (χ1v) is 7.77. The van der Waals surface area contributed by atoms with E-state index in [-0.39, 0.29) is 6.61 Å². The summed E-state index contributed by atoms with van der Waals surface area (Å²) in [4.78, 5) is 5.52. The molecule has 0 aliphatic carbocycles. The van der Waals surface area contributed by atoms with Crippen LogP contribution in [0.2, 0.25) is 0 Å². The van der Waals surface area contributed by atoms with Crippen LogP contribution >= 0.6 is 11.8 Å². The minimum Gasteiger partial charge on any atom is -0.396 e. The second-order valence-electron chi connectivity index (χ2n) is 4.70. The van der Waals surface area contributed by atoms with Crippen molar-refractivity contribution in [3.8, 4) is 0 Å². The highest BCUT2D eigenvalue weighted by atomic mass is 32.2. The first-order chi connectivity index (χ1) is 9.74. The van der Waals surface area contributed by atoms with Gasteiger partial charge in [-0.25, -0.2) is 4.99 Å². The number of aliphatic hydroxyl groups is 1. The number of nitrogens with zero attached hydrogens (tertiary/aromatic N) is 1. The maximum absolute atomic E-state index is 8.90. The van der Waals surface area contributed by atoms with Gasteiger partial charge in [0.25, 0.3) is 0 Å². The van der Waals surface area contributed by atoms with Gasteiger partial charge >= 0.3 is 0 Å². The van der Waals surface area contributed by atoms with Crippen molar-refractivity contribution in [3.05, 3.63) is 34.6 Å². The average molecular weight is 291 g/mol. The van der Waals surface area contributed by atoms with Crippen LogP contribution < -0.4 is 11.1 Å². The number of aliphatic hydroxyl groups excluding tert-OH is 1. The minimum absolute atomic E-state index is 0.221. The standard InChI is InChI=1S/C15H21N3OS/c1-2-3-8-17-15-14(16)20-13-7-6-11(5-4-9-19)10-12(13)18-15/h6-8,10,18-19H,2-5,9,16H2,1H3. The Kier molecular flexibility index (Phi) is 5.49. The largest absolute Gasteiger partial charge is 0.396 e. The van der Waals surface area contributed by atoms with Crippen LogP contribution in [0.25, 0.3) is 0 Å². The Morgan fingerprint density at radius 1 is 1.45 bits per heavy atom. The summed E-state index contributed by atoms with van der Waals surface area (Å²) in [6.07, 6.45) is 5.59. The van der Waals surface area contributed by atoms with E-state index in [1.54, 1.807) is 11.8 Å². The predicted octanol–water partition coefficient (Wildman–Crippen LogP) is 3.09. The molecule has 0 unspecified atom stereocenters. The summed E-state index contributed by atoms with van der Waals surface area (Å²) in [7, 11) is 0. The van der Waals surface area contributed by atoms with E-state index in [2.05, 4.69) is 35.4 Å². The first kappa shape index (κ1) is 14.9. The quantitative estimate of drug-likeness (QED) is 0.704. The van der Waals surface area contributed by atoms with Gasteiger partial charge in [-0.05, 0) is 37.0 Å². The third-order valence-electron chi connectivity index (χ3n) is 3.01. The van der Waals surface area contributed by atoms with Gasteiger partial charge in [0.05, 0.1) is 5.69 Å². The number of unbranched alkanes of at least 4 members (excludes halogenated alkanes) is 1. The number of nitrogens with two attached hydrogens (primary N) is 1. The zero-order valence-corrected chi connectivity index (χ0v) is 12.5. The highest BCUT2D eigenvalue weighted by Gasteiger charge is 2.16. The first-order valence-electron chi connectivity index (χ1n) is 6.95. The Labute approximate surface area is 124 Å². The highest BCUT2D eigenvalue weighted by molar-refractivity contribution is 8.03. The van der Waals surface area contributed by atoms with E-state index in [1.807, 2.05) is 6.21 Å². The summed E-state index contributed by atoms with van der Waals surface area (Å²) >= 11 is 1.54. The molecule has 0 spiro atoms. The molecule has 0 amide bonds. The second-order valence-corrected chi connectivity index (χ2v) is 5.78. The number of hydrogen-bond acceptors (Lipinski definition) is 5. The second kappa shape index (κ2) is 7.36. The molecule has 1 aliphatic rings. The van der Waals surface area contributed by atoms with Crippen molar-refractivity contribution in [3.63, 3.8) is 0 Å². The monoisotopic (exact) mass is 291 g/mol. The number of thioether (sulfide) groups is 1. The number of anilines is 1. The summed E-state index contributed by atoms with van der Waals surface area (Å²) in [5.74, 6) is 0.732. The molecule has 0 atom stereocenters. The lowest BCUT2D eigenvalue weighted by Crippen LogP contribution is -2.11. The number of aryl methyl sites for hydroxylation is 1. The van der Waals surface area contributed by atoms with Gasteiger partial charge in [0, 0.05) is 17.7 Å². The van der Waals surface area contributed by atoms with Crippen molar-refractivity contribution in [2.24, 2.45) is 10.7 Å². The summed E-state index contributed by atoms with van der Waals surface area (Å²) in [6.45, 7) is 2.34. The molecule has 1 aliphatic heterocycles. The van der Waals surface area contributed by atoms with Gasteiger partial charge in [-0.15, -0.1) is 0 Å². The smallest absolute Gasteiger partial charge is 0.160 e. The van der Waals surface area contributed by atoms with Crippen LogP contribution in [0.3, 0.4) is 0 Å². The molecule has 0 saturated carbocycles. The molecule has 0 bridgehead atoms. The van der Waals surface area contributed by atoms with Gasteiger partial charge < -0.3 is 16.2 Å². The molecule has 2 rings (SSSR count). The van der Waals surface area contributed by atoms with E-state index in [0.29, 0.717) is 5.03 Å². The van der Waals surface area contributed by atoms with Crippen LogP contribution in [-0.4, -0.2) is 17.9 Å². The SMILES string of the molecule is CCCC=NC1=C(N)Sc2ccc(CCCO)cc2N1. The molecule has 5 heteroatoms. The van der Waals surface area contributed by atoms with Crippen molar-refractivity contribution in [2.45, 2.75) is 37.5 Å². The van der Waals surface area contributed by atoms with Crippen molar-refractivity contribution in [2.75, 3.05) is 11.9 Å². The van der Waals surface area contributed by atoms with E-state index >= 15 is 0 Å². The zero-order chi connectivity index (χ0) is 14.4. The van der Waals surface area contributed by atoms with Crippen LogP contribution in [0.4, 0.5) is 5.69 Å². The fourth-order valence-electron chi connectivity index (χ4n) is 1.94. The van der Waals surface area contributed by atoms with Crippen LogP contribution in [0.5, 0.6) is 0 Å². The molecular weight excluding hydrogens is 270 g/mol. The average Bonchev–Trinajstić information content (AvgIpc) is 2.46. The van der Waals surface area contributed by atoms with Crippen LogP contribution in [0.15, 0.2) is 38.9 Å². The predicted molar refractivity (Wildman–Crippen MR) is 85.9 cm³/mol. The van der Waals surface area contributed by atoms with Crippen molar-refractivity contribution >= 4 is 23.7 Å². The molecule has 1 heterocycles. The summed E-state index contributed by atoms with van der Waals surface area (Å²) in [5.41, 5.74) is 8.28. The topological polar surface area (TPSA) is 70.6 Å². The Morgan fingerprint density at radius 2 is 2.30 bits per heavy atom. The molecule has 0 radical (unpaired) electrons. The highest BCUT2D eigenvalue weighted by Crippen LogP contribution is 2.38. The van der Waals surface area contributed by atoms with Crippen LogP contribution in [0.1, 0.15) is 31.7 Å². The van der Waals surface area contributed by atoms with E-state index in [0.717, 1.165) is 42.1 Å². The number of nitrogens with one attached hydrogen (secondary N) is 1. The third kappa shape index (κ3) is 3.77.